The van der Waals surface area contributed by atoms with E-state index in [0.29, 0.717) is 0 Å². The molecular formula is C44H86BrN2+. The second-order valence-corrected chi connectivity index (χ2v) is 16.6. The van der Waals surface area contributed by atoms with Crippen LogP contribution in [-0.2, 0) is 13.1 Å². The highest BCUT2D eigenvalue weighted by Gasteiger charge is 2.18. The van der Waals surface area contributed by atoms with E-state index in [9.17, 15) is 0 Å². The largest absolute Gasteiger partial charge is 1.00 e. The van der Waals surface area contributed by atoms with Crippen LogP contribution in [0.4, 0.5) is 0 Å². The molecule has 0 bridgehead atoms. The fraction of sp³-hybridized carbons (Fsp3) is 0.864. The molecule has 47 heavy (non-hydrogen) atoms. The molecule has 2 nitrogen and oxygen atoms in total. The minimum absolute atomic E-state index is 0. The lowest BCUT2D eigenvalue weighted by Gasteiger charge is -2.31. The SMILES string of the molecule is CCCCCCCCCCCCCCCC[N+](C)(C)Cc1ccc(C[N+](C)(C)CCCCCCCCCCCCCCCC)cc1.[Br-]. The van der Waals surface area contributed by atoms with Crippen molar-refractivity contribution < 1.29 is 25.9 Å². The van der Waals surface area contributed by atoms with Gasteiger partial charge in [-0.1, -0.05) is 192 Å². The maximum atomic E-state index is 2.42. The zero-order valence-corrected chi connectivity index (χ0v) is 34.8. The van der Waals surface area contributed by atoms with Crippen molar-refractivity contribution in [2.45, 2.75) is 207 Å². The van der Waals surface area contributed by atoms with Gasteiger partial charge in [-0.05, 0) is 25.7 Å². The van der Waals surface area contributed by atoms with Crippen LogP contribution < -0.4 is 17.0 Å². The Labute approximate surface area is 308 Å². The third-order valence-electron chi connectivity index (χ3n) is 10.5. The maximum Gasteiger partial charge on any atom is 0.104 e. The summed E-state index contributed by atoms with van der Waals surface area (Å²) in [5, 5.41) is 0. The van der Waals surface area contributed by atoms with Gasteiger partial charge in [-0.25, -0.2) is 0 Å². The van der Waals surface area contributed by atoms with Crippen molar-refractivity contribution in [1.29, 1.82) is 0 Å². The number of halogens is 1. The summed E-state index contributed by atoms with van der Waals surface area (Å²) in [6.45, 7) is 9.50. The number of nitrogens with zero attached hydrogens (tertiary/aromatic N) is 2. The second-order valence-electron chi connectivity index (χ2n) is 16.6. The quantitative estimate of drug-likeness (QED) is 0.0491. The molecule has 0 unspecified atom stereocenters. The summed E-state index contributed by atoms with van der Waals surface area (Å²) < 4.78 is 2.22. The molecule has 0 heterocycles. The van der Waals surface area contributed by atoms with Crippen LogP contribution in [0.2, 0.25) is 0 Å². The Morgan fingerprint density at radius 2 is 0.511 bits per heavy atom. The van der Waals surface area contributed by atoms with Gasteiger partial charge in [0, 0.05) is 11.1 Å². The molecule has 0 spiro atoms. The molecule has 0 saturated heterocycles. The van der Waals surface area contributed by atoms with Gasteiger partial charge in [-0.2, -0.15) is 0 Å². The van der Waals surface area contributed by atoms with Crippen molar-refractivity contribution in [2.24, 2.45) is 0 Å². The number of quaternary nitrogens is 2. The van der Waals surface area contributed by atoms with E-state index >= 15 is 0 Å². The van der Waals surface area contributed by atoms with Gasteiger partial charge in [-0.3, -0.25) is 0 Å². The molecule has 0 aromatic heterocycles. The summed E-state index contributed by atoms with van der Waals surface area (Å²) >= 11 is 0. The van der Waals surface area contributed by atoms with E-state index in [2.05, 4.69) is 66.3 Å². The zero-order valence-electron chi connectivity index (χ0n) is 33.2. The highest BCUT2D eigenvalue weighted by atomic mass is 79.9. The number of hydrogen-bond donors (Lipinski definition) is 0. The van der Waals surface area contributed by atoms with Crippen LogP contribution in [0.3, 0.4) is 0 Å². The Hall–Kier alpha value is -0.380. The van der Waals surface area contributed by atoms with E-state index in [1.165, 1.54) is 204 Å². The van der Waals surface area contributed by atoms with Gasteiger partial charge in [0.15, 0.2) is 0 Å². The molecule has 0 N–H and O–H groups in total. The fourth-order valence-corrected chi connectivity index (χ4v) is 7.37. The molecule has 1 rings (SSSR count). The van der Waals surface area contributed by atoms with Crippen molar-refractivity contribution in [3.05, 3.63) is 35.4 Å². The first kappa shape index (κ1) is 46.6. The molecule has 1 aromatic carbocycles. The Kier molecular flexibility index (Phi) is 31.3. The van der Waals surface area contributed by atoms with E-state index in [0.717, 1.165) is 22.1 Å². The van der Waals surface area contributed by atoms with Gasteiger partial charge in [0.25, 0.3) is 0 Å². The number of hydrogen-bond acceptors (Lipinski definition) is 0. The first-order valence-electron chi connectivity index (χ1n) is 21.0. The number of benzene rings is 1. The van der Waals surface area contributed by atoms with Crippen LogP contribution in [0.5, 0.6) is 0 Å². The lowest BCUT2D eigenvalue weighted by molar-refractivity contribution is -0.904. The maximum absolute atomic E-state index is 2.42. The highest BCUT2D eigenvalue weighted by molar-refractivity contribution is 5.21. The van der Waals surface area contributed by atoms with Crippen molar-refractivity contribution >= 4 is 0 Å². The first-order valence-corrected chi connectivity index (χ1v) is 21.0. The predicted molar refractivity (Wildman–Crippen MR) is 208 cm³/mol. The monoisotopic (exact) mass is 722 g/mol. The Bertz CT molecular complexity index is 707. The minimum Gasteiger partial charge on any atom is -1.00 e. The summed E-state index contributed by atoms with van der Waals surface area (Å²) in [5.74, 6) is 0. The molecule has 0 atom stereocenters. The summed E-state index contributed by atoms with van der Waals surface area (Å²) in [6.07, 6.45) is 40.3. The standard InChI is InChI=1S/C44H86N2.BrH/c1-7-9-11-13-15-17-19-21-23-25-27-29-31-33-39-45(3,4)41-43-35-37-44(38-36-43)42-46(5,6)40-34-32-30-28-26-24-22-20-18-16-14-12-10-8-2;/h35-38H,7-34,39-42H2,1-6H3;1H/q+2;/p-1. The average molecular weight is 723 g/mol. The smallest absolute Gasteiger partial charge is 0.104 e. The van der Waals surface area contributed by atoms with Gasteiger partial charge >= 0.3 is 0 Å². The highest BCUT2D eigenvalue weighted by Crippen LogP contribution is 2.18. The van der Waals surface area contributed by atoms with Crippen LogP contribution in [0.1, 0.15) is 205 Å². The predicted octanol–water partition coefficient (Wildman–Crippen LogP) is 10.8. The average Bonchev–Trinajstić information content (AvgIpc) is 3.02. The van der Waals surface area contributed by atoms with Crippen molar-refractivity contribution in [1.82, 2.24) is 0 Å². The van der Waals surface area contributed by atoms with Crippen LogP contribution in [0.15, 0.2) is 24.3 Å². The van der Waals surface area contributed by atoms with Crippen molar-refractivity contribution in [2.75, 3.05) is 41.3 Å². The van der Waals surface area contributed by atoms with Crippen molar-refractivity contribution in [3.63, 3.8) is 0 Å². The molecular weight excluding hydrogens is 636 g/mol. The minimum atomic E-state index is 0. The summed E-state index contributed by atoms with van der Waals surface area (Å²) in [4.78, 5) is 0. The van der Waals surface area contributed by atoms with E-state index < -0.39 is 0 Å². The fourth-order valence-electron chi connectivity index (χ4n) is 7.37. The van der Waals surface area contributed by atoms with Crippen LogP contribution in [0.25, 0.3) is 0 Å². The van der Waals surface area contributed by atoms with Crippen molar-refractivity contribution in [3.8, 4) is 0 Å². The second kappa shape index (κ2) is 31.6. The molecule has 3 heteroatoms. The molecule has 0 amide bonds. The lowest BCUT2D eigenvalue weighted by Crippen LogP contribution is -3.00. The third kappa shape index (κ3) is 30.2. The van der Waals surface area contributed by atoms with E-state index in [4.69, 9.17) is 0 Å². The van der Waals surface area contributed by atoms with Gasteiger partial charge in [0.2, 0.25) is 0 Å². The molecule has 0 saturated carbocycles. The normalized spacial score (nSPS) is 12.0. The first-order chi connectivity index (χ1) is 22.3. The van der Waals surface area contributed by atoms with Gasteiger partial charge in [0.1, 0.15) is 13.1 Å². The molecule has 0 radical (unpaired) electrons. The molecule has 0 aliphatic rings. The summed E-state index contributed by atoms with van der Waals surface area (Å²) in [7, 11) is 9.69. The van der Waals surface area contributed by atoms with E-state index in [-0.39, 0.29) is 17.0 Å². The zero-order chi connectivity index (χ0) is 33.6. The van der Waals surface area contributed by atoms with E-state index in [1.54, 1.807) is 0 Å². The molecule has 278 valence electrons. The van der Waals surface area contributed by atoms with Gasteiger partial charge < -0.3 is 25.9 Å². The van der Waals surface area contributed by atoms with Crippen LogP contribution in [-0.4, -0.2) is 50.2 Å². The van der Waals surface area contributed by atoms with Gasteiger partial charge in [0.05, 0.1) is 41.3 Å². The molecule has 0 aliphatic carbocycles. The Balaban J connectivity index is 0.0000212. The molecule has 1 aromatic rings. The summed E-state index contributed by atoms with van der Waals surface area (Å²) in [6, 6.07) is 9.64. The van der Waals surface area contributed by atoms with E-state index in [1.807, 2.05) is 0 Å². The lowest BCUT2D eigenvalue weighted by atomic mass is 10.0. The molecule has 0 aliphatic heterocycles. The Morgan fingerprint density at radius 3 is 0.723 bits per heavy atom. The topological polar surface area (TPSA) is 0 Å². The summed E-state index contributed by atoms with van der Waals surface area (Å²) in [5.41, 5.74) is 2.99. The number of rotatable bonds is 34. The Morgan fingerprint density at radius 1 is 0.319 bits per heavy atom. The van der Waals surface area contributed by atoms with Gasteiger partial charge in [-0.15, -0.1) is 0 Å². The van der Waals surface area contributed by atoms with Crippen LogP contribution >= 0.6 is 0 Å². The third-order valence-corrected chi connectivity index (χ3v) is 10.5. The van der Waals surface area contributed by atoms with Crippen LogP contribution in [0, 0.1) is 0 Å². The number of unbranched alkanes of at least 4 members (excludes halogenated alkanes) is 26. The molecule has 0 fully saturated rings.